The average molecular weight is 381 g/mol. The van der Waals surface area contributed by atoms with Crippen molar-refractivity contribution in [2.75, 3.05) is 7.11 Å². The second-order valence-corrected chi connectivity index (χ2v) is 7.35. The van der Waals surface area contributed by atoms with E-state index in [1.54, 1.807) is 6.07 Å². The summed E-state index contributed by atoms with van der Waals surface area (Å²) in [6.07, 6.45) is 3.36. The summed E-state index contributed by atoms with van der Waals surface area (Å²) in [5, 5.41) is 17.8. The van der Waals surface area contributed by atoms with Crippen molar-refractivity contribution >= 4 is 0 Å². The molecule has 0 saturated heterocycles. The van der Waals surface area contributed by atoms with Crippen molar-refractivity contribution in [2.24, 2.45) is 0 Å². The maximum Gasteiger partial charge on any atom is 0.204 e. The number of nitrogens with one attached hydrogen (secondary N) is 2. The SMILES string of the molecule is COc1cc([C@@H](C)NC2CC[C@H](c3ccc(-c4nn[nH]n4)cc3)C2)ccc1F. The molecule has 0 aliphatic heterocycles. The van der Waals surface area contributed by atoms with Crippen LogP contribution in [-0.2, 0) is 0 Å². The fourth-order valence-electron chi connectivity index (χ4n) is 4.02. The zero-order chi connectivity index (χ0) is 19.5. The molecule has 1 fully saturated rings. The third-order valence-electron chi connectivity index (χ3n) is 5.58. The van der Waals surface area contributed by atoms with Crippen molar-refractivity contribution in [3.63, 3.8) is 0 Å². The lowest BCUT2D eigenvalue weighted by Crippen LogP contribution is -2.29. The zero-order valence-corrected chi connectivity index (χ0v) is 16.0. The molecule has 7 heteroatoms. The average Bonchev–Trinajstić information content (AvgIpc) is 3.41. The summed E-state index contributed by atoms with van der Waals surface area (Å²) >= 11 is 0. The third-order valence-corrected chi connectivity index (χ3v) is 5.58. The first-order chi connectivity index (χ1) is 13.6. The number of aromatic amines is 1. The van der Waals surface area contributed by atoms with Gasteiger partial charge in [0, 0.05) is 17.6 Å². The van der Waals surface area contributed by atoms with Gasteiger partial charge in [0.2, 0.25) is 5.82 Å². The molecule has 1 heterocycles. The Labute approximate surface area is 163 Å². The van der Waals surface area contributed by atoms with Gasteiger partial charge in [-0.05, 0) is 60.6 Å². The molecule has 4 rings (SSSR count). The highest BCUT2D eigenvalue weighted by molar-refractivity contribution is 5.54. The van der Waals surface area contributed by atoms with Crippen LogP contribution < -0.4 is 10.1 Å². The van der Waals surface area contributed by atoms with E-state index in [9.17, 15) is 4.39 Å². The number of nitrogens with zero attached hydrogens (tertiary/aromatic N) is 3. The van der Waals surface area contributed by atoms with Gasteiger partial charge in [-0.1, -0.05) is 30.3 Å². The number of halogens is 1. The number of rotatable bonds is 6. The Bertz CT molecular complexity index is 913. The molecule has 1 unspecified atom stereocenters. The van der Waals surface area contributed by atoms with Gasteiger partial charge in [0.1, 0.15) is 0 Å². The van der Waals surface area contributed by atoms with Gasteiger partial charge in [0.15, 0.2) is 11.6 Å². The molecular weight excluding hydrogens is 357 g/mol. The lowest BCUT2D eigenvalue weighted by Gasteiger charge is -2.21. The van der Waals surface area contributed by atoms with Crippen LogP contribution in [0.4, 0.5) is 4.39 Å². The molecule has 146 valence electrons. The van der Waals surface area contributed by atoms with Gasteiger partial charge in [0.05, 0.1) is 7.11 Å². The monoisotopic (exact) mass is 381 g/mol. The minimum atomic E-state index is -0.330. The fraction of sp³-hybridized carbons (Fsp3) is 0.381. The van der Waals surface area contributed by atoms with E-state index in [1.807, 2.05) is 18.2 Å². The number of hydrogen-bond donors (Lipinski definition) is 2. The van der Waals surface area contributed by atoms with Gasteiger partial charge in [-0.25, -0.2) is 4.39 Å². The molecule has 0 radical (unpaired) electrons. The molecule has 6 nitrogen and oxygen atoms in total. The van der Waals surface area contributed by atoms with E-state index >= 15 is 0 Å². The molecule has 0 spiro atoms. The molecule has 2 N–H and O–H groups in total. The summed E-state index contributed by atoms with van der Waals surface area (Å²) in [5.74, 6) is 1.11. The molecule has 1 aromatic heterocycles. The first-order valence-electron chi connectivity index (χ1n) is 9.57. The van der Waals surface area contributed by atoms with Gasteiger partial charge >= 0.3 is 0 Å². The predicted molar refractivity (Wildman–Crippen MR) is 104 cm³/mol. The summed E-state index contributed by atoms with van der Waals surface area (Å²) in [5.41, 5.74) is 3.34. The normalized spacial score (nSPS) is 20.2. The molecule has 1 aliphatic rings. The summed E-state index contributed by atoms with van der Waals surface area (Å²) in [4.78, 5) is 0. The Morgan fingerprint density at radius 1 is 1.18 bits per heavy atom. The van der Waals surface area contributed by atoms with Crippen molar-refractivity contribution in [3.05, 3.63) is 59.4 Å². The Kier molecular flexibility index (Phi) is 5.34. The Hall–Kier alpha value is -2.80. The second-order valence-electron chi connectivity index (χ2n) is 7.35. The number of methoxy groups -OCH3 is 1. The van der Waals surface area contributed by atoms with Crippen molar-refractivity contribution in [1.82, 2.24) is 25.9 Å². The van der Waals surface area contributed by atoms with Gasteiger partial charge in [-0.2, -0.15) is 5.21 Å². The molecule has 0 bridgehead atoms. The summed E-state index contributed by atoms with van der Waals surface area (Å²) < 4.78 is 18.7. The van der Waals surface area contributed by atoms with Crippen molar-refractivity contribution < 1.29 is 9.13 Å². The lowest BCUT2D eigenvalue weighted by atomic mass is 9.96. The topological polar surface area (TPSA) is 75.7 Å². The minimum absolute atomic E-state index is 0.138. The number of hydrogen-bond acceptors (Lipinski definition) is 5. The van der Waals surface area contributed by atoms with Gasteiger partial charge < -0.3 is 10.1 Å². The molecular formula is C21H24FN5O. The van der Waals surface area contributed by atoms with E-state index in [1.165, 1.54) is 18.7 Å². The second kappa shape index (κ2) is 8.06. The van der Waals surface area contributed by atoms with Crippen LogP contribution >= 0.6 is 0 Å². The number of tetrazole rings is 1. The Morgan fingerprint density at radius 3 is 2.71 bits per heavy atom. The fourth-order valence-corrected chi connectivity index (χ4v) is 4.02. The number of aromatic nitrogens is 4. The van der Waals surface area contributed by atoms with E-state index < -0.39 is 0 Å². The molecule has 1 saturated carbocycles. The van der Waals surface area contributed by atoms with E-state index in [2.05, 4.69) is 45.0 Å². The third kappa shape index (κ3) is 3.89. The van der Waals surface area contributed by atoms with Crippen LogP contribution in [-0.4, -0.2) is 33.8 Å². The molecule has 0 amide bonds. The van der Waals surface area contributed by atoms with Gasteiger partial charge in [-0.15, -0.1) is 10.2 Å². The van der Waals surface area contributed by atoms with Crippen LogP contribution in [0.2, 0.25) is 0 Å². The van der Waals surface area contributed by atoms with E-state index in [-0.39, 0.29) is 17.6 Å². The molecule has 3 atom stereocenters. The van der Waals surface area contributed by atoms with Crippen LogP contribution in [0, 0.1) is 5.82 Å². The molecule has 28 heavy (non-hydrogen) atoms. The number of ether oxygens (including phenoxy) is 1. The molecule has 3 aromatic rings. The van der Waals surface area contributed by atoms with Gasteiger partial charge in [-0.3, -0.25) is 0 Å². The van der Waals surface area contributed by atoms with Crippen molar-refractivity contribution in [3.8, 4) is 17.1 Å². The highest BCUT2D eigenvalue weighted by Crippen LogP contribution is 2.36. The van der Waals surface area contributed by atoms with Crippen LogP contribution in [0.5, 0.6) is 5.75 Å². The maximum atomic E-state index is 13.6. The first kappa shape index (κ1) is 18.6. The van der Waals surface area contributed by atoms with Crippen LogP contribution in [0.1, 0.15) is 49.3 Å². The number of benzene rings is 2. The molecule has 2 aromatic carbocycles. The summed E-state index contributed by atoms with van der Waals surface area (Å²) in [7, 11) is 1.49. The molecule has 1 aliphatic carbocycles. The smallest absolute Gasteiger partial charge is 0.204 e. The Balaban J connectivity index is 1.37. The van der Waals surface area contributed by atoms with E-state index in [4.69, 9.17) is 4.74 Å². The quantitative estimate of drug-likeness (QED) is 0.675. The highest BCUT2D eigenvalue weighted by Gasteiger charge is 2.27. The maximum absolute atomic E-state index is 13.6. The zero-order valence-electron chi connectivity index (χ0n) is 16.0. The van der Waals surface area contributed by atoms with E-state index in [0.29, 0.717) is 17.8 Å². The van der Waals surface area contributed by atoms with Crippen molar-refractivity contribution in [2.45, 2.75) is 44.2 Å². The Morgan fingerprint density at radius 2 is 2.00 bits per heavy atom. The lowest BCUT2D eigenvalue weighted by molar-refractivity contribution is 0.384. The van der Waals surface area contributed by atoms with E-state index in [0.717, 1.165) is 30.4 Å². The summed E-state index contributed by atoms with van der Waals surface area (Å²) in [6.45, 7) is 2.11. The minimum Gasteiger partial charge on any atom is -0.494 e. The van der Waals surface area contributed by atoms with Crippen molar-refractivity contribution in [1.29, 1.82) is 0 Å². The van der Waals surface area contributed by atoms with Crippen LogP contribution in [0.3, 0.4) is 0 Å². The standard InChI is InChI=1S/C21H24FN5O/c1-13(16-8-10-19(22)20(12-16)28-2)23-18-9-7-17(11-18)14-3-5-15(6-4-14)21-24-26-27-25-21/h3-6,8,10,12-13,17-18,23H,7,9,11H2,1-2H3,(H,24,25,26,27)/t13-,17+,18?/m1/s1. The van der Waals surface area contributed by atoms with Crippen LogP contribution in [0.25, 0.3) is 11.4 Å². The predicted octanol–water partition coefficient (Wildman–Crippen LogP) is 4.00. The van der Waals surface area contributed by atoms with Gasteiger partial charge in [0.25, 0.3) is 0 Å². The largest absolute Gasteiger partial charge is 0.494 e. The first-order valence-corrected chi connectivity index (χ1v) is 9.57. The summed E-state index contributed by atoms with van der Waals surface area (Å²) in [6, 6.07) is 14.1. The number of H-pyrrole nitrogens is 1. The highest BCUT2D eigenvalue weighted by atomic mass is 19.1. The van der Waals surface area contributed by atoms with Crippen LogP contribution in [0.15, 0.2) is 42.5 Å².